The number of carbonyl (C=O) groups is 2. The lowest BCUT2D eigenvalue weighted by atomic mass is 9.98. The molecule has 1 fully saturated rings. The number of aryl methyl sites for hydroxylation is 1. The van der Waals surface area contributed by atoms with Crippen molar-refractivity contribution >= 4 is 46.4 Å². The SMILES string of the molecule is O=C(O)C1=NN(c2cccnc2)C(=O)/C1=C\C=C\c1ccc2c(c1)CCCN2c1ccc(N2CCCC2)cc1. The zero-order valence-electron chi connectivity index (χ0n) is 21.5. The van der Waals surface area contributed by atoms with Gasteiger partial charge in [0.2, 0.25) is 0 Å². The van der Waals surface area contributed by atoms with E-state index in [9.17, 15) is 14.7 Å². The average molecular weight is 520 g/mol. The van der Waals surface area contributed by atoms with Crippen LogP contribution in [0.1, 0.15) is 30.4 Å². The zero-order chi connectivity index (χ0) is 26.8. The molecule has 0 saturated carbocycles. The summed E-state index contributed by atoms with van der Waals surface area (Å²) >= 11 is 0. The molecule has 6 rings (SSSR count). The Morgan fingerprint density at radius 2 is 1.72 bits per heavy atom. The van der Waals surface area contributed by atoms with Gasteiger partial charge in [-0.3, -0.25) is 9.78 Å². The minimum Gasteiger partial charge on any atom is -0.476 e. The van der Waals surface area contributed by atoms with Crippen molar-refractivity contribution in [1.82, 2.24) is 4.98 Å². The van der Waals surface area contributed by atoms with Gasteiger partial charge in [-0.2, -0.15) is 10.1 Å². The Kier molecular flexibility index (Phi) is 6.67. The van der Waals surface area contributed by atoms with Gasteiger partial charge < -0.3 is 14.9 Å². The molecule has 8 heteroatoms. The average Bonchev–Trinajstić information content (AvgIpc) is 3.62. The van der Waals surface area contributed by atoms with E-state index in [-0.39, 0.29) is 11.3 Å². The second kappa shape index (κ2) is 10.6. The first-order valence-corrected chi connectivity index (χ1v) is 13.3. The number of fused-ring (bicyclic) bond motifs is 1. The van der Waals surface area contributed by atoms with Crippen LogP contribution in [0.15, 0.2) is 89.8 Å². The van der Waals surface area contributed by atoms with Gasteiger partial charge >= 0.3 is 5.97 Å². The van der Waals surface area contributed by atoms with Crippen molar-refractivity contribution in [3.63, 3.8) is 0 Å². The summed E-state index contributed by atoms with van der Waals surface area (Å²) in [7, 11) is 0. The van der Waals surface area contributed by atoms with Crippen LogP contribution in [-0.4, -0.2) is 47.3 Å². The number of amides is 1. The summed E-state index contributed by atoms with van der Waals surface area (Å²) in [6.07, 6.45) is 12.7. The van der Waals surface area contributed by atoms with Crippen molar-refractivity contribution in [2.75, 3.05) is 34.4 Å². The number of aromatic nitrogens is 1. The Labute approximate surface area is 227 Å². The number of carboxylic acids is 1. The molecule has 8 nitrogen and oxygen atoms in total. The highest BCUT2D eigenvalue weighted by Gasteiger charge is 2.34. The van der Waals surface area contributed by atoms with Crippen LogP contribution in [0.2, 0.25) is 0 Å². The van der Waals surface area contributed by atoms with Crippen LogP contribution in [0.25, 0.3) is 6.08 Å². The quantitative estimate of drug-likeness (QED) is 0.451. The minimum absolute atomic E-state index is 0.0316. The van der Waals surface area contributed by atoms with Crippen LogP contribution < -0.4 is 14.8 Å². The smallest absolute Gasteiger partial charge is 0.357 e. The van der Waals surface area contributed by atoms with Gasteiger partial charge in [0.25, 0.3) is 5.91 Å². The summed E-state index contributed by atoms with van der Waals surface area (Å²) in [5.74, 6) is -1.75. The van der Waals surface area contributed by atoms with Gasteiger partial charge in [-0.1, -0.05) is 18.2 Å². The summed E-state index contributed by atoms with van der Waals surface area (Å²) in [6, 6.07) is 18.6. The molecule has 0 spiro atoms. The number of pyridine rings is 1. The lowest BCUT2D eigenvalue weighted by molar-refractivity contribution is -0.129. The first kappa shape index (κ1) is 24.6. The summed E-state index contributed by atoms with van der Waals surface area (Å²) in [6.45, 7) is 3.25. The number of carbonyl (C=O) groups excluding carboxylic acids is 1. The van der Waals surface area contributed by atoms with E-state index in [0.29, 0.717) is 5.69 Å². The molecule has 196 valence electrons. The second-order valence-corrected chi connectivity index (χ2v) is 9.88. The van der Waals surface area contributed by atoms with Crippen molar-refractivity contribution in [1.29, 1.82) is 0 Å². The van der Waals surface area contributed by atoms with E-state index < -0.39 is 11.9 Å². The number of hydrogen-bond donors (Lipinski definition) is 1. The Bertz CT molecular complexity index is 1490. The van der Waals surface area contributed by atoms with Crippen LogP contribution in [0.3, 0.4) is 0 Å². The molecule has 1 saturated heterocycles. The molecule has 0 unspecified atom stereocenters. The monoisotopic (exact) mass is 519 g/mol. The van der Waals surface area contributed by atoms with E-state index in [2.05, 4.69) is 62.3 Å². The molecule has 3 aliphatic rings. The lowest BCUT2D eigenvalue weighted by Crippen LogP contribution is -2.24. The fourth-order valence-electron chi connectivity index (χ4n) is 5.44. The number of aliphatic carboxylic acids is 1. The maximum absolute atomic E-state index is 12.9. The Hall–Kier alpha value is -4.72. The topological polar surface area (TPSA) is 89.3 Å². The molecule has 0 aliphatic carbocycles. The summed E-state index contributed by atoms with van der Waals surface area (Å²) in [5.41, 5.74) is 6.12. The third kappa shape index (κ3) is 4.93. The largest absolute Gasteiger partial charge is 0.476 e. The zero-order valence-corrected chi connectivity index (χ0v) is 21.5. The number of benzene rings is 2. The van der Waals surface area contributed by atoms with Gasteiger partial charge in [-0.05, 0) is 91.4 Å². The van der Waals surface area contributed by atoms with E-state index in [1.165, 1.54) is 47.7 Å². The Morgan fingerprint density at radius 1 is 0.923 bits per heavy atom. The first-order chi connectivity index (χ1) is 19.1. The third-order valence-corrected chi connectivity index (χ3v) is 7.38. The van der Waals surface area contributed by atoms with Crippen molar-refractivity contribution in [2.24, 2.45) is 5.10 Å². The Morgan fingerprint density at radius 3 is 2.46 bits per heavy atom. The molecule has 3 aliphatic heterocycles. The minimum atomic E-state index is -1.25. The summed E-state index contributed by atoms with van der Waals surface area (Å²) in [5, 5.41) is 14.7. The lowest BCUT2D eigenvalue weighted by Gasteiger charge is -2.32. The number of hydrogen-bond acceptors (Lipinski definition) is 6. The van der Waals surface area contributed by atoms with Crippen LogP contribution in [0, 0.1) is 0 Å². The number of anilines is 4. The number of hydrazone groups is 1. The maximum atomic E-state index is 12.9. The molecule has 39 heavy (non-hydrogen) atoms. The normalized spacial score (nSPS) is 18.3. The van der Waals surface area contributed by atoms with Gasteiger partial charge in [0.1, 0.15) is 0 Å². The van der Waals surface area contributed by atoms with Crippen molar-refractivity contribution in [3.8, 4) is 0 Å². The van der Waals surface area contributed by atoms with E-state index in [1.807, 2.05) is 6.08 Å². The molecule has 0 bridgehead atoms. The van der Waals surface area contributed by atoms with Crippen LogP contribution in [0.5, 0.6) is 0 Å². The fourth-order valence-corrected chi connectivity index (χ4v) is 5.44. The molecular formula is C31H29N5O3. The highest BCUT2D eigenvalue weighted by atomic mass is 16.4. The van der Waals surface area contributed by atoms with Crippen LogP contribution in [-0.2, 0) is 16.0 Å². The van der Waals surface area contributed by atoms with Crippen LogP contribution in [0.4, 0.5) is 22.7 Å². The Balaban J connectivity index is 1.20. The van der Waals surface area contributed by atoms with Crippen molar-refractivity contribution in [2.45, 2.75) is 25.7 Å². The highest BCUT2D eigenvalue weighted by molar-refractivity contribution is 6.52. The van der Waals surface area contributed by atoms with Gasteiger partial charge in [0.05, 0.1) is 17.5 Å². The standard InChI is InChI=1S/C31H29N5O3/c37-30-27(29(31(38)39)33-36(30)26-8-4-16-32-21-26)9-3-6-22-10-15-28-23(20-22)7-5-19-35(28)25-13-11-24(12-14-25)34-17-1-2-18-34/h3-4,6,8-16,20-21H,1-2,5,7,17-19H2,(H,38,39)/b6-3+,27-9-. The molecule has 1 amide bonds. The molecule has 3 aromatic rings. The van der Waals surface area contributed by atoms with Crippen molar-refractivity contribution < 1.29 is 14.7 Å². The summed E-state index contributed by atoms with van der Waals surface area (Å²) in [4.78, 5) is 33.5. The van der Waals surface area contributed by atoms with Crippen LogP contribution >= 0.6 is 0 Å². The number of allylic oxidation sites excluding steroid dienone is 2. The van der Waals surface area contributed by atoms with Gasteiger partial charge in [0, 0.05) is 42.9 Å². The number of carboxylic acid groups (broad SMARTS) is 1. The van der Waals surface area contributed by atoms with Crippen molar-refractivity contribution in [3.05, 3.63) is 95.8 Å². The molecule has 1 N–H and O–H groups in total. The first-order valence-electron chi connectivity index (χ1n) is 13.3. The van der Waals surface area contributed by atoms with Gasteiger partial charge in [-0.15, -0.1) is 0 Å². The number of rotatable bonds is 6. The second-order valence-electron chi connectivity index (χ2n) is 9.88. The molecule has 1 aromatic heterocycles. The number of nitrogens with zero attached hydrogens (tertiary/aromatic N) is 5. The predicted molar refractivity (Wildman–Crippen MR) is 154 cm³/mol. The molecule has 2 aromatic carbocycles. The predicted octanol–water partition coefficient (Wildman–Crippen LogP) is 5.19. The van der Waals surface area contributed by atoms with Gasteiger partial charge in [-0.25, -0.2) is 4.79 Å². The van der Waals surface area contributed by atoms with E-state index in [0.717, 1.165) is 43.0 Å². The van der Waals surface area contributed by atoms with E-state index in [4.69, 9.17) is 0 Å². The summed E-state index contributed by atoms with van der Waals surface area (Å²) < 4.78 is 0. The molecular weight excluding hydrogens is 490 g/mol. The molecule has 0 radical (unpaired) electrons. The third-order valence-electron chi connectivity index (χ3n) is 7.38. The highest BCUT2D eigenvalue weighted by Crippen LogP contribution is 2.35. The molecule has 4 heterocycles. The van der Waals surface area contributed by atoms with E-state index >= 15 is 0 Å². The fraction of sp³-hybridized carbons (Fsp3) is 0.226. The molecule has 0 atom stereocenters. The van der Waals surface area contributed by atoms with Gasteiger partial charge in [0.15, 0.2) is 5.71 Å². The maximum Gasteiger partial charge on any atom is 0.357 e. The van der Waals surface area contributed by atoms with E-state index in [1.54, 1.807) is 24.4 Å².